The van der Waals surface area contributed by atoms with Gasteiger partial charge in [-0.05, 0) is 126 Å². The van der Waals surface area contributed by atoms with Gasteiger partial charge in [0.15, 0.2) is 29.9 Å². The number of benzene rings is 7. The molecule has 552 valence electrons. The van der Waals surface area contributed by atoms with Crippen LogP contribution in [0.2, 0.25) is 15.1 Å². The topological polar surface area (TPSA) is 501 Å². The number of aliphatic hydroxyl groups is 6. The summed E-state index contributed by atoms with van der Waals surface area (Å²) >= 11 is 20.2. The third-order valence-corrected chi connectivity index (χ3v) is 19.4. The number of carboxylic acids is 1. The molecule has 0 saturated carbocycles. The average Bonchev–Trinajstić information content (AvgIpc) is 0.767. The van der Waals surface area contributed by atoms with Crippen molar-refractivity contribution in [3.8, 4) is 68.2 Å². The summed E-state index contributed by atoms with van der Waals surface area (Å²) in [6.07, 6.45) is -18.6. The number of fused-ring (bicyclic) bond motifs is 15. The van der Waals surface area contributed by atoms with E-state index >= 15 is 14.4 Å². The van der Waals surface area contributed by atoms with Gasteiger partial charge in [-0.15, -0.1) is 0 Å². The number of amides is 6. The highest BCUT2D eigenvalue weighted by Crippen LogP contribution is 2.50. The fourth-order valence-electron chi connectivity index (χ4n) is 13.1. The summed E-state index contributed by atoms with van der Waals surface area (Å²) in [5, 5.41) is 130. The molecule has 105 heavy (non-hydrogen) atoms. The molecule has 7 heterocycles. The molecule has 7 aromatic carbocycles. The number of carboxylic acid groups (broad SMARTS) is 1. The molecule has 6 amide bonds. The summed E-state index contributed by atoms with van der Waals surface area (Å²) in [6.45, 7) is 2.29. The number of primary amides is 1. The maximum Gasteiger partial charge on any atom is 0.330 e. The molecular formula is C71H69Cl3N8O23. The van der Waals surface area contributed by atoms with Gasteiger partial charge in [0.05, 0.1) is 34.7 Å². The van der Waals surface area contributed by atoms with Crippen molar-refractivity contribution >= 4 is 81.9 Å². The predicted octanol–water partition coefficient (Wildman–Crippen LogP) is 3.79. The number of phenolic OH excluding ortho intramolecular Hbond substituents is 3. The molecule has 2 saturated heterocycles. The lowest BCUT2D eigenvalue weighted by Crippen LogP contribution is -2.64. The number of carbonyl (C=O) groups excluding carboxylic acids is 6. The predicted molar refractivity (Wildman–Crippen MR) is 369 cm³/mol. The number of hydrogen-bond donors (Lipinski definition) is 18. The summed E-state index contributed by atoms with van der Waals surface area (Å²) in [5.74, 6) is -14.7. The smallest absolute Gasteiger partial charge is 0.330 e. The van der Waals surface area contributed by atoms with E-state index in [1.807, 2.05) is 24.3 Å². The van der Waals surface area contributed by atoms with E-state index in [1.165, 1.54) is 12.1 Å². The Hall–Kier alpha value is -10.1. The number of carbonyl (C=O) groups is 7. The Morgan fingerprint density at radius 2 is 1.23 bits per heavy atom. The maximum atomic E-state index is 15.9. The quantitative estimate of drug-likeness (QED) is 0.0876. The van der Waals surface area contributed by atoms with Gasteiger partial charge in [0, 0.05) is 39.9 Å². The first-order valence-corrected chi connectivity index (χ1v) is 33.6. The van der Waals surface area contributed by atoms with E-state index < -0.39 is 219 Å². The number of anilines is 1. The number of aliphatic carboxylic acids is 1. The summed E-state index contributed by atoms with van der Waals surface area (Å²) in [4.78, 5) is 101. The number of halogens is 3. The molecular weight excluding hydrogens is 1440 g/mol. The highest BCUT2D eigenvalue weighted by Gasteiger charge is 2.52. The lowest BCUT2D eigenvalue weighted by atomic mass is 9.84. The number of nitrogens with two attached hydrogens (primary N) is 2. The van der Waals surface area contributed by atoms with E-state index in [2.05, 4.69) is 31.9 Å². The first-order chi connectivity index (χ1) is 49.9. The van der Waals surface area contributed by atoms with Crippen LogP contribution in [0.3, 0.4) is 0 Å². The van der Waals surface area contributed by atoms with Crippen molar-refractivity contribution in [3.05, 3.63) is 170 Å². The van der Waals surface area contributed by atoms with Crippen LogP contribution in [0.15, 0.2) is 127 Å². The number of rotatable bonds is 11. The zero-order valence-corrected chi connectivity index (χ0v) is 57.3. The zero-order valence-electron chi connectivity index (χ0n) is 55.1. The molecule has 0 spiro atoms. The standard InChI is InChI=1S/C71H69Cl3N8O23/c1-27-63(92)71(2,82-35-12-5-29(6-13-35)28-3-10-34(72)11-4-28)25-50(100-27)104-62-60(91)59(90)48(26-83)103-70(62)105-61-46-20-33-21-47(61)102-45-16-9-32(19-40(45)74)58(89)56-68(97)80-55(69(98)99)38-22-36(84)23-43(86)51(38)37-17-30(7-14-42(37)85)53(66(95)81-56)79-67(96)54(33)78-64(93)41(24-49(75)87)77-65(94)52(76)57(88)31-8-15-44(101-46)39(73)18-31/h3-23,27,41,48,50,52-60,62-63,70,82-86,88-92H,24-26,76H2,1-2H3,(H2,75,87)(H,77,94)(H,78,93)(H,79,96)(H,80,97)(H,81,95)(H,98,99)/t27-,41-,48+,50-,52+,53+,54+,55?,56-,57+,58+,59+,60-,62+,63+,70-,71-/m0/s1. The molecule has 0 radical (unpaired) electrons. The summed E-state index contributed by atoms with van der Waals surface area (Å²) < 4.78 is 39.1. The van der Waals surface area contributed by atoms with Crippen LogP contribution in [0, 0.1) is 0 Å². The average molecular weight is 1510 g/mol. The molecule has 1 unspecified atom stereocenters. The highest BCUT2D eigenvalue weighted by atomic mass is 35.5. The Kier molecular flexibility index (Phi) is 21.4. The zero-order chi connectivity index (χ0) is 75.4. The van der Waals surface area contributed by atoms with Gasteiger partial charge in [0.2, 0.25) is 47.5 Å². The van der Waals surface area contributed by atoms with Gasteiger partial charge in [-0.2, -0.15) is 0 Å². The monoisotopic (exact) mass is 1510 g/mol. The van der Waals surface area contributed by atoms with Gasteiger partial charge in [-0.25, -0.2) is 4.79 Å². The normalized spacial score (nSPS) is 28.4. The van der Waals surface area contributed by atoms with E-state index in [-0.39, 0.29) is 39.6 Å². The van der Waals surface area contributed by atoms with E-state index in [0.717, 1.165) is 77.9 Å². The molecule has 14 rings (SSSR count). The fourth-order valence-corrected chi connectivity index (χ4v) is 13.7. The molecule has 7 aliphatic heterocycles. The Labute approximate surface area is 610 Å². The van der Waals surface area contributed by atoms with Crippen LogP contribution < -0.4 is 57.6 Å². The third kappa shape index (κ3) is 15.4. The number of hydrogen-bond acceptors (Lipinski definition) is 24. The van der Waals surface area contributed by atoms with Crippen molar-refractivity contribution < 1.29 is 113 Å². The first-order valence-electron chi connectivity index (χ1n) is 32.5. The van der Waals surface area contributed by atoms with Crippen LogP contribution in [0.5, 0.6) is 46.0 Å². The van der Waals surface area contributed by atoms with E-state index in [0.29, 0.717) is 10.7 Å². The first kappa shape index (κ1) is 74.6. The molecule has 11 bridgehead atoms. The van der Waals surface area contributed by atoms with E-state index in [1.54, 1.807) is 38.1 Å². The molecule has 2 fully saturated rings. The molecule has 0 aliphatic carbocycles. The minimum absolute atomic E-state index is 0.100. The molecule has 7 aromatic rings. The molecule has 17 atom stereocenters. The highest BCUT2D eigenvalue weighted by molar-refractivity contribution is 6.32. The van der Waals surface area contributed by atoms with Crippen LogP contribution in [0.1, 0.15) is 84.8 Å². The van der Waals surface area contributed by atoms with Crippen molar-refractivity contribution in [3.63, 3.8) is 0 Å². The van der Waals surface area contributed by atoms with Crippen molar-refractivity contribution in [2.75, 3.05) is 11.9 Å². The van der Waals surface area contributed by atoms with Gasteiger partial charge in [0.25, 0.3) is 0 Å². The number of ether oxygens (including phenoxy) is 6. The van der Waals surface area contributed by atoms with E-state index in [4.69, 9.17) is 74.7 Å². The minimum Gasteiger partial charge on any atom is -0.508 e. The number of phenols is 3. The van der Waals surface area contributed by atoms with Gasteiger partial charge in [-0.1, -0.05) is 77.3 Å². The Balaban J connectivity index is 1.04. The van der Waals surface area contributed by atoms with Gasteiger partial charge in [-0.3, -0.25) is 28.8 Å². The third-order valence-electron chi connectivity index (χ3n) is 18.6. The number of aromatic hydroxyl groups is 3. The molecule has 34 heteroatoms. The lowest BCUT2D eigenvalue weighted by molar-refractivity contribution is -0.332. The van der Waals surface area contributed by atoms with Crippen molar-refractivity contribution in [1.82, 2.24) is 26.6 Å². The van der Waals surface area contributed by atoms with E-state index in [9.17, 15) is 70.2 Å². The van der Waals surface area contributed by atoms with Gasteiger partial charge < -0.3 is 123 Å². The second kappa shape index (κ2) is 30.2. The Morgan fingerprint density at radius 1 is 0.638 bits per heavy atom. The molecule has 7 aliphatic rings. The van der Waals surface area contributed by atoms with Gasteiger partial charge >= 0.3 is 5.97 Å². The fraction of sp³-hybridized carbons (Fsp3) is 0.310. The second-order valence-electron chi connectivity index (χ2n) is 25.9. The summed E-state index contributed by atoms with van der Waals surface area (Å²) in [6, 6.07) is 15.3. The maximum absolute atomic E-state index is 15.9. The van der Waals surface area contributed by atoms with Crippen LogP contribution in [-0.2, 0) is 47.8 Å². The Bertz CT molecular complexity index is 4580. The van der Waals surface area contributed by atoms with Crippen molar-refractivity contribution in [2.45, 2.75) is 130 Å². The number of aliphatic hydroxyl groups excluding tert-OH is 6. The Morgan fingerprint density at radius 3 is 1.84 bits per heavy atom. The van der Waals surface area contributed by atoms with Crippen molar-refractivity contribution in [2.24, 2.45) is 11.5 Å². The minimum atomic E-state index is -2.30. The molecule has 31 nitrogen and oxygen atoms in total. The molecule has 0 aromatic heterocycles. The summed E-state index contributed by atoms with van der Waals surface area (Å²) in [5.41, 5.74) is 10.3. The summed E-state index contributed by atoms with van der Waals surface area (Å²) in [7, 11) is 0. The second-order valence-corrected chi connectivity index (χ2v) is 27.2. The SMILES string of the molecule is C[C@@H]1O[C@@H](O[C@H]2[C@H](Oc3c4cc5cc3Oc3ccc(cc3Cl)[C@@H](O)[C@@H](N)C(=O)N[C@@H](CC(N)=O)C(=O)N[C@H]5C(=O)N[C@H]3C(=O)N[C@H](C(=O)NC(C(=O)O)c5cc(O)cc(O)c5-c5cc3ccc5O)[C@H](O)c3ccc(c(Cl)c3)O4)O[C@H](CO)[C@@H](O)[C@@H]2O)C[C@](C)(Nc2ccc(-c3ccc(Cl)cc3)cc2)[C@@H]1O. The van der Waals surface area contributed by atoms with Crippen LogP contribution >= 0.6 is 34.8 Å². The number of nitrogens with one attached hydrogen (secondary N) is 6. The van der Waals surface area contributed by atoms with Crippen LogP contribution in [0.4, 0.5) is 5.69 Å². The van der Waals surface area contributed by atoms with Crippen LogP contribution in [-0.4, -0.2) is 172 Å². The van der Waals surface area contributed by atoms with Crippen molar-refractivity contribution in [1.29, 1.82) is 0 Å². The lowest BCUT2D eigenvalue weighted by Gasteiger charge is -2.48. The van der Waals surface area contributed by atoms with Gasteiger partial charge in [0.1, 0.15) is 95.6 Å². The van der Waals surface area contributed by atoms with Crippen LogP contribution in [0.25, 0.3) is 22.3 Å². The molecule has 20 N–H and O–H groups in total. The largest absolute Gasteiger partial charge is 0.508 e.